The summed E-state index contributed by atoms with van der Waals surface area (Å²) >= 11 is 6.47. The molecule has 0 bridgehead atoms. The van der Waals surface area contributed by atoms with Gasteiger partial charge in [0.25, 0.3) is 5.91 Å². The molecule has 0 spiro atoms. The lowest BCUT2D eigenvalue weighted by Gasteiger charge is -2.13. The van der Waals surface area contributed by atoms with Crippen LogP contribution in [0.2, 0.25) is 5.02 Å². The van der Waals surface area contributed by atoms with Crippen molar-refractivity contribution in [1.29, 1.82) is 0 Å². The van der Waals surface area contributed by atoms with Crippen molar-refractivity contribution in [2.45, 2.75) is 39.0 Å². The number of aromatic nitrogens is 2. The van der Waals surface area contributed by atoms with Crippen LogP contribution in [0.25, 0.3) is 10.9 Å². The van der Waals surface area contributed by atoms with Gasteiger partial charge in [0.2, 0.25) is 0 Å². The average Bonchev–Trinajstić information content (AvgIpc) is 3.29. The van der Waals surface area contributed by atoms with Gasteiger partial charge in [-0.05, 0) is 29.8 Å². The summed E-state index contributed by atoms with van der Waals surface area (Å²) in [6.07, 6.45) is 1.86. The third-order valence-corrected chi connectivity index (χ3v) is 5.98. The third-order valence-electron chi connectivity index (χ3n) is 5.63. The lowest BCUT2D eigenvalue weighted by molar-refractivity contribution is -0.118. The summed E-state index contributed by atoms with van der Waals surface area (Å²) in [6.45, 7) is 6.09. The quantitative estimate of drug-likeness (QED) is 0.338. The topological polar surface area (TPSA) is 118 Å². The van der Waals surface area contributed by atoms with Crippen molar-refractivity contribution in [1.82, 2.24) is 10.1 Å². The van der Waals surface area contributed by atoms with Crippen LogP contribution in [-0.4, -0.2) is 28.9 Å². The molecular formula is C27H26ClN3O5. The van der Waals surface area contributed by atoms with Crippen molar-refractivity contribution in [3.8, 4) is 17.2 Å². The van der Waals surface area contributed by atoms with Gasteiger partial charge in [0.1, 0.15) is 28.8 Å². The molecule has 0 fully saturated rings. The molecule has 0 saturated heterocycles. The summed E-state index contributed by atoms with van der Waals surface area (Å²) in [4.78, 5) is 28.8. The van der Waals surface area contributed by atoms with Crippen molar-refractivity contribution in [3.63, 3.8) is 0 Å². The predicted molar refractivity (Wildman–Crippen MR) is 136 cm³/mol. The zero-order chi connectivity index (χ0) is 26.0. The second-order valence-corrected chi connectivity index (χ2v) is 9.83. The summed E-state index contributed by atoms with van der Waals surface area (Å²) in [7, 11) is 1.46. The second kappa shape index (κ2) is 9.99. The molecule has 0 aliphatic carbocycles. The number of amides is 1. The Bertz CT molecular complexity index is 1460. The Hall–Kier alpha value is -3.91. The Labute approximate surface area is 213 Å². The largest absolute Gasteiger partial charge is 0.496 e. The van der Waals surface area contributed by atoms with Crippen LogP contribution in [0.3, 0.4) is 0 Å². The van der Waals surface area contributed by atoms with Crippen molar-refractivity contribution in [3.05, 3.63) is 76.3 Å². The minimum atomic E-state index is -0.624. The van der Waals surface area contributed by atoms with Gasteiger partial charge in [-0.15, -0.1) is 0 Å². The van der Waals surface area contributed by atoms with Crippen LogP contribution in [0.1, 0.15) is 48.1 Å². The molecule has 4 aromatic rings. The summed E-state index contributed by atoms with van der Waals surface area (Å²) in [5.41, 5.74) is 7.60. The van der Waals surface area contributed by atoms with Gasteiger partial charge in [0, 0.05) is 40.6 Å². The molecule has 186 valence electrons. The number of nitrogens with zero attached hydrogens (tertiary/aromatic N) is 2. The molecule has 0 atom stereocenters. The lowest BCUT2D eigenvalue weighted by atomic mass is 9.92. The SMILES string of the molecule is COc1cc2nccc(Oc3ccc(CC(=O)Cc4cc(C(C)(C)C)no4)c(Cl)c3)c2cc1C(N)=O. The van der Waals surface area contributed by atoms with E-state index >= 15 is 0 Å². The van der Waals surface area contributed by atoms with E-state index in [1.54, 1.807) is 42.6 Å². The predicted octanol–water partition coefficient (Wildman–Crippen LogP) is 5.43. The van der Waals surface area contributed by atoms with Crippen LogP contribution >= 0.6 is 11.6 Å². The zero-order valence-corrected chi connectivity index (χ0v) is 21.2. The molecule has 2 aromatic heterocycles. The fourth-order valence-electron chi connectivity index (χ4n) is 3.68. The minimum absolute atomic E-state index is 0.0461. The summed E-state index contributed by atoms with van der Waals surface area (Å²) < 4.78 is 16.6. The average molecular weight is 508 g/mol. The molecular weight excluding hydrogens is 482 g/mol. The van der Waals surface area contributed by atoms with E-state index in [4.69, 9.17) is 31.3 Å². The Balaban J connectivity index is 1.51. The maximum Gasteiger partial charge on any atom is 0.252 e. The standard InChI is InChI=1S/C27H26ClN3O5/c1-27(2,3)25-12-18(36-31-25)10-16(32)9-15-5-6-17(11-21(15)28)35-23-7-8-30-22-14-24(34-4)20(26(29)33)13-19(22)23/h5-8,11-14H,9-10H2,1-4H3,(H2,29,33). The molecule has 1 amide bonds. The molecule has 2 heterocycles. The van der Waals surface area contributed by atoms with Crippen LogP contribution in [-0.2, 0) is 23.1 Å². The Morgan fingerprint density at radius 2 is 1.83 bits per heavy atom. The highest BCUT2D eigenvalue weighted by atomic mass is 35.5. The number of benzene rings is 2. The minimum Gasteiger partial charge on any atom is -0.496 e. The highest BCUT2D eigenvalue weighted by Gasteiger charge is 2.20. The normalized spacial score (nSPS) is 11.5. The fourth-order valence-corrected chi connectivity index (χ4v) is 3.92. The van der Waals surface area contributed by atoms with E-state index in [1.165, 1.54) is 7.11 Å². The molecule has 4 rings (SSSR count). The van der Waals surface area contributed by atoms with Crippen molar-refractivity contribution in [2.24, 2.45) is 5.73 Å². The number of hydrogen-bond acceptors (Lipinski definition) is 7. The van der Waals surface area contributed by atoms with Crippen LogP contribution in [0, 0.1) is 0 Å². The number of pyridine rings is 1. The molecule has 0 aliphatic rings. The number of ketones is 1. The summed E-state index contributed by atoms with van der Waals surface area (Å²) in [5.74, 6) is 1.11. The summed E-state index contributed by atoms with van der Waals surface area (Å²) in [5, 5.41) is 5.04. The van der Waals surface area contributed by atoms with Gasteiger partial charge in [0.15, 0.2) is 0 Å². The van der Waals surface area contributed by atoms with Gasteiger partial charge < -0.3 is 19.7 Å². The number of methoxy groups -OCH3 is 1. The maximum atomic E-state index is 12.6. The molecule has 9 heteroatoms. The van der Waals surface area contributed by atoms with Crippen molar-refractivity contribution >= 4 is 34.2 Å². The number of rotatable bonds is 8. The van der Waals surface area contributed by atoms with E-state index in [2.05, 4.69) is 10.1 Å². The van der Waals surface area contributed by atoms with Gasteiger partial charge in [0.05, 0.1) is 30.3 Å². The first-order chi connectivity index (χ1) is 17.0. The molecule has 2 aromatic carbocycles. The number of nitrogens with two attached hydrogens (primary N) is 1. The molecule has 8 nitrogen and oxygen atoms in total. The van der Waals surface area contributed by atoms with Gasteiger partial charge in [-0.2, -0.15) is 0 Å². The number of carbonyl (C=O) groups is 2. The number of ether oxygens (including phenoxy) is 2. The van der Waals surface area contributed by atoms with Crippen LogP contribution in [0.4, 0.5) is 0 Å². The Morgan fingerprint density at radius 3 is 2.47 bits per heavy atom. The zero-order valence-electron chi connectivity index (χ0n) is 20.4. The highest BCUT2D eigenvalue weighted by Crippen LogP contribution is 2.34. The number of fused-ring (bicyclic) bond motifs is 1. The van der Waals surface area contributed by atoms with E-state index in [0.717, 1.165) is 5.69 Å². The molecule has 2 N–H and O–H groups in total. The highest BCUT2D eigenvalue weighted by molar-refractivity contribution is 6.31. The smallest absolute Gasteiger partial charge is 0.252 e. The number of Topliss-reactive ketones (excluding diaryl/α,β-unsaturated/α-hetero) is 1. The molecule has 0 unspecified atom stereocenters. The van der Waals surface area contributed by atoms with Gasteiger partial charge in [-0.25, -0.2) is 0 Å². The van der Waals surface area contributed by atoms with Crippen molar-refractivity contribution in [2.75, 3.05) is 7.11 Å². The first-order valence-corrected chi connectivity index (χ1v) is 11.6. The van der Waals surface area contributed by atoms with Gasteiger partial charge >= 0.3 is 0 Å². The fraction of sp³-hybridized carbons (Fsp3) is 0.259. The Morgan fingerprint density at radius 1 is 1.06 bits per heavy atom. The molecule has 0 radical (unpaired) electrons. The van der Waals surface area contributed by atoms with E-state index in [9.17, 15) is 9.59 Å². The monoisotopic (exact) mass is 507 g/mol. The lowest BCUT2D eigenvalue weighted by Crippen LogP contribution is -2.12. The maximum absolute atomic E-state index is 12.6. The van der Waals surface area contributed by atoms with E-state index in [1.807, 2.05) is 26.8 Å². The van der Waals surface area contributed by atoms with Crippen LogP contribution in [0.15, 0.2) is 53.2 Å². The second-order valence-electron chi connectivity index (χ2n) is 9.42. The van der Waals surface area contributed by atoms with Gasteiger partial charge in [-0.1, -0.05) is 43.6 Å². The first kappa shape index (κ1) is 25.2. The molecule has 0 aliphatic heterocycles. The van der Waals surface area contributed by atoms with Crippen LogP contribution in [0.5, 0.6) is 17.2 Å². The van der Waals surface area contributed by atoms with E-state index < -0.39 is 5.91 Å². The number of carbonyl (C=O) groups excluding carboxylic acids is 2. The molecule has 0 saturated carbocycles. The van der Waals surface area contributed by atoms with E-state index in [-0.39, 0.29) is 29.6 Å². The number of primary amides is 1. The third kappa shape index (κ3) is 5.49. The van der Waals surface area contributed by atoms with Crippen molar-refractivity contribution < 1.29 is 23.6 Å². The summed E-state index contributed by atoms with van der Waals surface area (Å²) in [6, 6.07) is 11.8. The van der Waals surface area contributed by atoms with Crippen LogP contribution < -0.4 is 15.2 Å². The number of hydrogen-bond donors (Lipinski definition) is 1. The Kier molecular flexibility index (Phi) is 6.99. The van der Waals surface area contributed by atoms with E-state index in [0.29, 0.717) is 44.5 Å². The first-order valence-electron chi connectivity index (χ1n) is 11.3. The molecule has 36 heavy (non-hydrogen) atoms. The van der Waals surface area contributed by atoms with Gasteiger partial charge in [-0.3, -0.25) is 14.6 Å². The number of halogens is 1.